The van der Waals surface area contributed by atoms with E-state index in [9.17, 15) is 4.79 Å². The van der Waals surface area contributed by atoms with Gasteiger partial charge in [-0.1, -0.05) is 6.07 Å². The minimum Gasteiger partial charge on any atom is -0.494 e. The Balaban J connectivity index is 2.50. The summed E-state index contributed by atoms with van der Waals surface area (Å²) in [6.07, 6.45) is 0.337. The van der Waals surface area contributed by atoms with Crippen LogP contribution in [0.3, 0.4) is 0 Å². The molecule has 0 saturated heterocycles. The Morgan fingerprint density at radius 1 is 1.53 bits per heavy atom. The van der Waals surface area contributed by atoms with Crippen LogP contribution in [0.5, 0.6) is 5.75 Å². The molecule has 0 bridgehead atoms. The number of rotatable bonds is 6. The lowest BCUT2D eigenvalue weighted by Crippen LogP contribution is -2.14. The Bertz CT molecular complexity index is 363. The molecular weight excluding hydrogens is 218 g/mol. The van der Waals surface area contributed by atoms with E-state index in [1.54, 1.807) is 13.0 Å². The van der Waals surface area contributed by atoms with Gasteiger partial charge in [0, 0.05) is 18.2 Å². The van der Waals surface area contributed by atoms with E-state index in [-0.39, 0.29) is 5.91 Å². The Labute approximate surface area is 102 Å². The van der Waals surface area contributed by atoms with Crippen LogP contribution in [-0.2, 0) is 4.79 Å². The normalized spacial score (nSPS) is 11.9. The summed E-state index contributed by atoms with van der Waals surface area (Å²) in [5.41, 5.74) is 0.714. The van der Waals surface area contributed by atoms with Gasteiger partial charge >= 0.3 is 0 Å². The first-order valence-corrected chi connectivity index (χ1v) is 5.82. The highest BCUT2D eigenvalue weighted by molar-refractivity contribution is 5.90. The van der Waals surface area contributed by atoms with Crippen LogP contribution < -0.4 is 10.1 Å². The largest absolute Gasteiger partial charge is 0.494 e. The number of carbonyl (C=O) groups is 1. The van der Waals surface area contributed by atoms with Gasteiger partial charge in [-0.25, -0.2) is 0 Å². The van der Waals surface area contributed by atoms with Gasteiger partial charge in [-0.3, -0.25) is 4.79 Å². The van der Waals surface area contributed by atoms with Crippen LogP contribution in [0, 0.1) is 0 Å². The summed E-state index contributed by atoms with van der Waals surface area (Å²) in [7, 11) is 0. The van der Waals surface area contributed by atoms with Crippen molar-refractivity contribution in [3.8, 4) is 5.75 Å². The van der Waals surface area contributed by atoms with E-state index < -0.39 is 6.10 Å². The topological polar surface area (TPSA) is 58.6 Å². The molecule has 1 atom stereocenters. The van der Waals surface area contributed by atoms with Gasteiger partial charge in [0.15, 0.2) is 0 Å². The van der Waals surface area contributed by atoms with Gasteiger partial charge in [0.1, 0.15) is 5.75 Å². The van der Waals surface area contributed by atoms with Gasteiger partial charge in [0.05, 0.1) is 12.7 Å². The molecule has 17 heavy (non-hydrogen) atoms. The maximum Gasteiger partial charge on any atom is 0.224 e. The molecule has 0 radical (unpaired) electrons. The third kappa shape index (κ3) is 5.36. The minimum atomic E-state index is -0.449. The first-order chi connectivity index (χ1) is 8.11. The van der Waals surface area contributed by atoms with E-state index in [0.717, 1.165) is 5.75 Å². The molecule has 0 aliphatic heterocycles. The molecule has 94 valence electrons. The van der Waals surface area contributed by atoms with Crippen molar-refractivity contribution in [2.75, 3.05) is 11.9 Å². The molecule has 1 aromatic rings. The van der Waals surface area contributed by atoms with E-state index in [0.29, 0.717) is 25.1 Å². The highest BCUT2D eigenvalue weighted by Gasteiger charge is 2.05. The van der Waals surface area contributed by atoms with E-state index in [4.69, 9.17) is 9.84 Å². The zero-order valence-corrected chi connectivity index (χ0v) is 10.3. The lowest BCUT2D eigenvalue weighted by Gasteiger charge is -2.08. The summed E-state index contributed by atoms with van der Waals surface area (Å²) in [5, 5.41) is 11.8. The number of benzene rings is 1. The molecular formula is C13H19NO3. The average molecular weight is 237 g/mol. The van der Waals surface area contributed by atoms with Crippen LogP contribution in [-0.4, -0.2) is 23.7 Å². The summed E-state index contributed by atoms with van der Waals surface area (Å²) in [6, 6.07) is 7.26. The fourth-order valence-electron chi connectivity index (χ4n) is 1.39. The molecule has 0 aliphatic rings. The standard InChI is InChI=1S/C13H19NO3/c1-3-17-12-6-4-5-11(9-12)14-13(16)8-7-10(2)15/h4-6,9-10,15H,3,7-8H2,1-2H3,(H,14,16). The summed E-state index contributed by atoms with van der Waals surface area (Å²) in [6.45, 7) is 4.18. The highest BCUT2D eigenvalue weighted by Crippen LogP contribution is 2.17. The van der Waals surface area contributed by atoms with Crippen molar-refractivity contribution >= 4 is 11.6 Å². The molecule has 4 heteroatoms. The van der Waals surface area contributed by atoms with Gasteiger partial charge in [0.2, 0.25) is 5.91 Å². The van der Waals surface area contributed by atoms with Crippen molar-refractivity contribution in [3.05, 3.63) is 24.3 Å². The smallest absolute Gasteiger partial charge is 0.224 e. The number of hydrogen-bond donors (Lipinski definition) is 2. The number of nitrogens with one attached hydrogen (secondary N) is 1. The lowest BCUT2D eigenvalue weighted by molar-refractivity contribution is -0.116. The lowest BCUT2D eigenvalue weighted by atomic mass is 10.2. The maximum absolute atomic E-state index is 11.5. The number of amides is 1. The van der Waals surface area contributed by atoms with Crippen LogP contribution in [0.25, 0.3) is 0 Å². The number of carbonyl (C=O) groups excluding carboxylic acids is 1. The van der Waals surface area contributed by atoms with Crippen molar-refractivity contribution in [1.29, 1.82) is 0 Å². The Morgan fingerprint density at radius 2 is 2.29 bits per heavy atom. The number of hydrogen-bond acceptors (Lipinski definition) is 3. The van der Waals surface area contributed by atoms with E-state index in [1.165, 1.54) is 0 Å². The quantitative estimate of drug-likeness (QED) is 0.797. The second kappa shape index (κ2) is 6.91. The molecule has 0 fully saturated rings. The fraction of sp³-hybridized carbons (Fsp3) is 0.462. The third-order valence-corrected chi connectivity index (χ3v) is 2.22. The number of aliphatic hydroxyl groups excluding tert-OH is 1. The number of anilines is 1. The maximum atomic E-state index is 11.5. The molecule has 0 spiro atoms. The molecule has 0 heterocycles. The van der Waals surface area contributed by atoms with Crippen LogP contribution >= 0.6 is 0 Å². The van der Waals surface area contributed by atoms with Crippen molar-refractivity contribution in [1.82, 2.24) is 0 Å². The highest BCUT2D eigenvalue weighted by atomic mass is 16.5. The van der Waals surface area contributed by atoms with E-state index in [2.05, 4.69) is 5.32 Å². The van der Waals surface area contributed by atoms with Crippen LogP contribution in [0.1, 0.15) is 26.7 Å². The van der Waals surface area contributed by atoms with Crippen molar-refractivity contribution in [2.45, 2.75) is 32.8 Å². The number of aliphatic hydroxyl groups is 1. The van der Waals surface area contributed by atoms with E-state index in [1.807, 2.05) is 25.1 Å². The summed E-state index contributed by atoms with van der Waals surface area (Å²) in [5.74, 6) is 0.639. The first-order valence-electron chi connectivity index (χ1n) is 5.82. The number of ether oxygens (including phenoxy) is 1. The minimum absolute atomic E-state index is 0.0976. The monoisotopic (exact) mass is 237 g/mol. The first kappa shape index (κ1) is 13.5. The predicted octanol–water partition coefficient (Wildman–Crippen LogP) is 2.18. The van der Waals surface area contributed by atoms with Gasteiger partial charge < -0.3 is 15.2 Å². The molecule has 0 aliphatic carbocycles. The van der Waals surface area contributed by atoms with Gasteiger partial charge in [0.25, 0.3) is 0 Å². The zero-order valence-electron chi connectivity index (χ0n) is 10.3. The molecule has 0 aromatic heterocycles. The predicted molar refractivity (Wildman–Crippen MR) is 67.2 cm³/mol. The van der Waals surface area contributed by atoms with Gasteiger partial charge in [-0.2, -0.15) is 0 Å². The Kier molecular flexibility index (Phi) is 5.49. The van der Waals surface area contributed by atoms with Gasteiger partial charge in [-0.05, 0) is 32.4 Å². The second-order valence-electron chi connectivity index (χ2n) is 3.90. The molecule has 1 aromatic carbocycles. The van der Waals surface area contributed by atoms with Crippen molar-refractivity contribution in [2.24, 2.45) is 0 Å². The summed E-state index contributed by atoms with van der Waals surface area (Å²) >= 11 is 0. The molecule has 2 N–H and O–H groups in total. The summed E-state index contributed by atoms with van der Waals surface area (Å²) < 4.78 is 5.33. The van der Waals surface area contributed by atoms with Crippen molar-refractivity contribution < 1.29 is 14.6 Å². The Hall–Kier alpha value is -1.55. The van der Waals surface area contributed by atoms with E-state index >= 15 is 0 Å². The van der Waals surface area contributed by atoms with Crippen LogP contribution in [0.4, 0.5) is 5.69 Å². The SMILES string of the molecule is CCOc1cccc(NC(=O)CCC(C)O)c1. The molecule has 4 nitrogen and oxygen atoms in total. The van der Waals surface area contributed by atoms with Gasteiger partial charge in [-0.15, -0.1) is 0 Å². The molecule has 1 amide bonds. The Morgan fingerprint density at radius 3 is 2.94 bits per heavy atom. The molecule has 1 rings (SSSR count). The molecule has 1 unspecified atom stereocenters. The molecule has 0 saturated carbocycles. The summed E-state index contributed by atoms with van der Waals surface area (Å²) in [4.78, 5) is 11.5. The average Bonchev–Trinajstić information content (AvgIpc) is 2.27. The third-order valence-electron chi connectivity index (χ3n) is 2.22. The second-order valence-corrected chi connectivity index (χ2v) is 3.90. The van der Waals surface area contributed by atoms with Crippen molar-refractivity contribution in [3.63, 3.8) is 0 Å². The van der Waals surface area contributed by atoms with Crippen LogP contribution in [0.15, 0.2) is 24.3 Å². The fourth-order valence-corrected chi connectivity index (χ4v) is 1.39. The zero-order chi connectivity index (χ0) is 12.7. The van der Waals surface area contributed by atoms with Crippen LogP contribution in [0.2, 0.25) is 0 Å².